The van der Waals surface area contributed by atoms with E-state index in [9.17, 15) is 18.0 Å². The van der Waals surface area contributed by atoms with Gasteiger partial charge in [-0.05, 0) is 12.1 Å². The van der Waals surface area contributed by atoms with Gasteiger partial charge in [0.15, 0.2) is 0 Å². The van der Waals surface area contributed by atoms with E-state index in [1.54, 1.807) is 0 Å². The molecule has 0 bridgehead atoms. The normalized spacial score (nSPS) is 15.4. The van der Waals surface area contributed by atoms with Crippen LogP contribution >= 0.6 is 0 Å². The third-order valence-electron chi connectivity index (χ3n) is 2.16. The number of benzene rings is 1. The van der Waals surface area contributed by atoms with E-state index in [2.05, 4.69) is 0 Å². The molecule has 4 N–H and O–H groups in total. The molecule has 2 amide bonds. The van der Waals surface area contributed by atoms with Crippen LogP contribution in [0.5, 0.6) is 0 Å². The van der Waals surface area contributed by atoms with Crippen molar-refractivity contribution in [2.75, 3.05) is 5.73 Å². The molecule has 0 radical (unpaired) electrons. The highest BCUT2D eigenvalue weighted by molar-refractivity contribution is 7.88. The number of nitrogens with zero attached hydrogens (tertiary/aromatic N) is 1. The maximum Gasteiger partial charge on any atom is 0.308 e. The summed E-state index contributed by atoms with van der Waals surface area (Å²) < 4.78 is 22.1. The van der Waals surface area contributed by atoms with Gasteiger partial charge in [0.2, 0.25) is 0 Å². The summed E-state index contributed by atoms with van der Waals surface area (Å²) in [6.45, 7) is 0. The van der Waals surface area contributed by atoms with Gasteiger partial charge in [0.25, 0.3) is 11.8 Å². The number of fused-ring (bicyclic) bond motifs is 1. The van der Waals surface area contributed by atoms with Crippen LogP contribution in [-0.2, 0) is 10.2 Å². The Kier molecular flexibility index (Phi) is 2.00. The second kappa shape index (κ2) is 3.03. The third-order valence-corrected chi connectivity index (χ3v) is 3.00. The number of anilines is 1. The third kappa shape index (κ3) is 1.27. The molecule has 7 nitrogen and oxygen atoms in total. The topological polar surface area (TPSA) is 124 Å². The molecular formula is C8H7N3O4S. The molecule has 0 fully saturated rings. The Morgan fingerprint density at radius 1 is 1.12 bits per heavy atom. The summed E-state index contributed by atoms with van der Waals surface area (Å²) in [7, 11) is -4.41. The average Bonchev–Trinajstić information content (AvgIpc) is 2.39. The van der Waals surface area contributed by atoms with Crippen LogP contribution in [0.3, 0.4) is 0 Å². The van der Waals surface area contributed by atoms with Crippen molar-refractivity contribution in [3.05, 3.63) is 29.3 Å². The molecule has 0 spiro atoms. The number of rotatable bonds is 1. The van der Waals surface area contributed by atoms with Crippen molar-refractivity contribution in [3.63, 3.8) is 0 Å². The van der Waals surface area contributed by atoms with Gasteiger partial charge in [-0.3, -0.25) is 9.59 Å². The summed E-state index contributed by atoms with van der Waals surface area (Å²) in [5.41, 5.74) is 5.36. The average molecular weight is 241 g/mol. The zero-order chi connectivity index (χ0) is 12.1. The van der Waals surface area contributed by atoms with Gasteiger partial charge in [0.05, 0.1) is 11.1 Å². The first-order valence-corrected chi connectivity index (χ1v) is 5.64. The lowest BCUT2D eigenvalue weighted by Gasteiger charge is -2.08. The Bertz CT molecular complexity index is 608. The number of nitrogen functional groups attached to an aromatic ring is 1. The van der Waals surface area contributed by atoms with Gasteiger partial charge >= 0.3 is 10.2 Å². The van der Waals surface area contributed by atoms with Crippen molar-refractivity contribution in [2.45, 2.75) is 0 Å². The number of nitrogens with two attached hydrogens (primary N) is 2. The highest BCUT2D eigenvalue weighted by Gasteiger charge is 2.42. The number of carbonyl (C=O) groups excluding carboxylic acids is 2. The second-order valence-electron chi connectivity index (χ2n) is 3.19. The summed E-state index contributed by atoms with van der Waals surface area (Å²) in [5.74, 6) is -1.99. The predicted octanol–water partition coefficient (Wildman–Crippen LogP) is -0.932. The van der Waals surface area contributed by atoms with E-state index in [1.165, 1.54) is 18.2 Å². The van der Waals surface area contributed by atoms with Crippen LogP contribution in [0.4, 0.5) is 5.69 Å². The molecule has 0 atom stereocenters. The lowest BCUT2D eigenvalue weighted by atomic mass is 10.1. The summed E-state index contributed by atoms with van der Waals surface area (Å²) >= 11 is 0. The van der Waals surface area contributed by atoms with Crippen LogP contribution in [0.2, 0.25) is 0 Å². The second-order valence-corrected chi connectivity index (χ2v) is 4.58. The zero-order valence-corrected chi connectivity index (χ0v) is 8.69. The fraction of sp³-hybridized carbons (Fsp3) is 0. The highest BCUT2D eigenvalue weighted by Crippen LogP contribution is 2.28. The minimum Gasteiger partial charge on any atom is -0.398 e. The maximum absolute atomic E-state index is 11.6. The predicted molar refractivity (Wildman–Crippen MR) is 54.5 cm³/mol. The Morgan fingerprint density at radius 2 is 1.75 bits per heavy atom. The van der Waals surface area contributed by atoms with Crippen LogP contribution in [0.25, 0.3) is 0 Å². The Morgan fingerprint density at radius 3 is 2.25 bits per heavy atom. The van der Waals surface area contributed by atoms with E-state index in [1.807, 2.05) is 0 Å². The molecule has 1 aromatic rings. The molecule has 8 heteroatoms. The number of imide groups is 1. The van der Waals surface area contributed by atoms with Crippen molar-refractivity contribution in [1.82, 2.24) is 4.31 Å². The molecule has 1 heterocycles. The zero-order valence-electron chi connectivity index (χ0n) is 7.88. The number of hydrogen-bond acceptors (Lipinski definition) is 5. The molecule has 1 aliphatic rings. The summed E-state index contributed by atoms with van der Waals surface area (Å²) in [6.07, 6.45) is 0. The van der Waals surface area contributed by atoms with Crippen molar-refractivity contribution in [2.24, 2.45) is 5.14 Å². The monoisotopic (exact) mass is 241 g/mol. The van der Waals surface area contributed by atoms with E-state index in [0.717, 1.165) is 0 Å². The van der Waals surface area contributed by atoms with Crippen molar-refractivity contribution in [3.8, 4) is 0 Å². The van der Waals surface area contributed by atoms with Gasteiger partial charge in [-0.1, -0.05) is 6.07 Å². The molecule has 16 heavy (non-hydrogen) atoms. The SMILES string of the molecule is Nc1cccc2c1C(=O)N(S(N)(=O)=O)C2=O. The smallest absolute Gasteiger partial charge is 0.308 e. The quantitative estimate of drug-likeness (QED) is 0.485. The van der Waals surface area contributed by atoms with Crippen molar-refractivity contribution < 1.29 is 18.0 Å². The highest BCUT2D eigenvalue weighted by atomic mass is 32.2. The van der Waals surface area contributed by atoms with Crippen LogP contribution in [0, 0.1) is 0 Å². The molecule has 0 saturated carbocycles. The van der Waals surface area contributed by atoms with Crippen LogP contribution in [0.1, 0.15) is 20.7 Å². The van der Waals surface area contributed by atoms with Crippen LogP contribution < -0.4 is 10.9 Å². The molecule has 0 aromatic heterocycles. The van der Waals surface area contributed by atoms with Crippen molar-refractivity contribution >= 4 is 27.7 Å². The van der Waals surface area contributed by atoms with Gasteiger partial charge in [-0.25, -0.2) is 5.14 Å². The minimum absolute atomic E-state index is 0.00796. The van der Waals surface area contributed by atoms with Gasteiger partial charge in [0.1, 0.15) is 0 Å². The largest absolute Gasteiger partial charge is 0.398 e. The fourth-order valence-corrected chi connectivity index (χ4v) is 2.17. The minimum atomic E-state index is -4.41. The van der Waals surface area contributed by atoms with Crippen LogP contribution in [-0.4, -0.2) is 24.5 Å². The standard InChI is InChI=1S/C8H7N3O4S/c9-5-3-1-2-4-6(5)8(13)11(7(4)12)16(10,14)15/h1-3H,9H2,(H2,10,14,15). The first-order chi connectivity index (χ1) is 7.34. The van der Waals surface area contributed by atoms with Gasteiger partial charge < -0.3 is 5.73 Å². The maximum atomic E-state index is 11.6. The Hall–Kier alpha value is -1.93. The first-order valence-electron chi connectivity index (χ1n) is 4.14. The number of carbonyl (C=O) groups is 2. The Balaban J connectivity index is 2.71. The molecular weight excluding hydrogens is 234 g/mol. The van der Waals surface area contributed by atoms with E-state index in [0.29, 0.717) is 0 Å². The van der Waals surface area contributed by atoms with Crippen LogP contribution in [0.15, 0.2) is 18.2 Å². The van der Waals surface area contributed by atoms with E-state index >= 15 is 0 Å². The molecule has 0 saturated heterocycles. The molecule has 1 aromatic carbocycles. The molecule has 1 aliphatic heterocycles. The van der Waals surface area contributed by atoms with E-state index in [4.69, 9.17) is 10.9 Å². The van der Waals surface area contributed by atoms with Gasteiger partial charge in [-0.15, -0.1) is 0 Å². The molecule has 0 unspecified atom stereocenters. The lowest BCUT2D eigenvalue weighted by Crippen LogP contribution is -2.40. The molecule has 2 rings (SSSR count). The molecule has 84 valence electrons. The van der Waals surface area contributed by atoms with Crippen molar-refractivity contribution in [1.29, 1.82) is 0 Å². The Labute approximate surface area is 90.8 Å². The number of hydrogen-bond donors (Lipinski definition) is 2. The lowest BCUT2D eigenvalue weighted by molar-refractivity contribution is 0.0766. The van der Waals surface area contributed by atoms with E-state index < -0.39 is 22.0 Å². The summed E-state index contributed by atoms with van der Waals surface area (Å²) in [6, 6.07) is 4.17. The number of amides is 2. The fourth-order valence-electron chi connectivity index (χ4n) is 1.52. The summed E-state index contributed by atoms with van der Waals surface area (Å²) in [5, 5.41) is 4.77. The van der Waals surface area contributed by atoms with E-state index in [-0.39, 0.29) is 21.1 Å². The molecule has 0 aliphatic carbocycles. The van der Waals surface area contributed by atoms with Gasteiger partial charge in [0, 0.05) is 5.69 Å². The van der Waals surface area contributed by atoms with Gasteiger partial charge in [-0.2, -0.15) is 12.7 Å². The first kappa shape index (κ1) is 10.6. The summed E-state index contributed by atoms with van der Waals surface area (Å²) in [4.78, 5) is 23.2.